The maximum Gasteiger partial charge on any atom is 0.281 e. The Morgan fingerprint density at radius 3 is 2.81 bits per heavy atom. The van der Waals surface area contributed by atoms with Gasteiger partial charge in [-0.2, -0.15) is 4.98 Å². The monoisotopic (exact) mass is 442 g/mol. The average molecular weight is 443 g/mol. The smallest absolute Gasteiger partial charge is 0.267 e. The van der Waals surface area contributed by atoms with Crippen LogP contribution in [0.25, 0.3) is 16.6 Å². The molecular formula is C20H19BrN4OS. The SMILES string of the molecule is CCC(C)c1ccc2c(=O)nc3c(Sc4ccc(Br)cc4C)n[nH]n3c2c1. The van der Waals surface area contributed by atoms with Gasteiger partial charge in [0, 0.05) is 9.37 Å². The minimum atomic E-state index is -0.225. The zero-order valence-corrected chi connectivity index (χ0v) is 17.7. The highest BCUT2D eigenvalue weighted by atomic mass is 79.9. The summed E-state index contributed by atoms with van der Waals surface area (Å²) in [7, 11) is 0. The van der Waals surface area contributed by atoms with Gasteiger partial charge >= 0.3 is 0 Å². The molecule has 2 aromatic carbocycles. The van der Waals surface area contributed by atoms with Gasteiger partial charge in [-0.25, -0.2) is 9.73 Å². The number of hydrogen-bond donors (Lipinski definition) is 1. The Bertz CT molecular complexity index is 1210. The first-order chi connectivity index (χ1) is 13.0. The molecule has 4 rings (SSSR count). The predicted molar refractivity (Wildman–Crippen MR) is 113 cm³/mol. The fraction of sp³-hybridized carbons (Fsp3) is 0.250. The largest absolute Gasteiger partial charge is 0.281 e. The number of nitrogens with one attached hydrogen (secondary N) is 1. The lowest BCUT2D eigenvalue weighted by Crippen LogP contribution is -2.11. The van der Waals surface area contributed by atoms with E-state index in [9.17, 15) is 4.79 Å². The molecule has 5 nitrogen and oxygen atoms in total. The van der Waals surface area contributed by atoms with E-state index in [1.807, 2.05) is 24.3 Å². The van der Waals surface area contributed by atoms with Crippen LogP contribution >= 0.6 is 27.7 Å². The minimum absolute atomic E-state index is 0.225. The van der Waals surface area contributed by atoms with Crippen LogP contribution in [0.3, 0.4) is 0 Å². The van der Waals surface area contributed by atoms with E-state index in [0.717, 1.165) is 26.9 Å². The van der Waals surface area contributed by atoms with Crippen molar-refractivity contribution in [2.45, 2.75) is 43.0 Å². The summed E-state index contributed by atoms with van der Waals surface area (Å²) in [5.74, 6) is 0.426. The summed E-state index contributed by atoms with van der Waals surface area (Å²) in [4.78, 5) is 17.9. The van der Waals surface area contributed by atoms with E-state index in [1.54, 1.807) is 4.52 Å². The van der Waals surface area contributed by atoms with Gasteiger partial charge in [-0.3, -0.25) is 4.79 Å². The summed E-state index contributed by atoms with van der Waals surface area (Å²) < 4.78 is 2.84. The van der Waals surface area contributed by atoms with Crippen LogP contribution in [0.2, 0.25) is 0 Å². The highest BCUT2D eigenvalue weighted by molar-refractivity contribution is 9.10. The highest BCUT2D eigenvalue weighted by Gasteiger charge is 2.15. The number of aromatic amines is 1. The van der Waals surface area contributed by atoms with Crippen LogP contribution in [0.1, 0.15) is 37.3 Å². The first-order valence-corrected chi connectivity index (χ1v) is 10.4. The van der Waals surface area contributed by atoms with Crippen LogP contribution in [-0.2, 0) is 0 Å². The Kier molecular flexibility index (Phi) is 4.82. The fourth-order valence-corrected chi connectivity index (χ4v) is 4.42. The maximum absolute atomic E-state index is 12.6. The van der Waals surface area contributed by atoms with Gasteiger partial charge in [-0.05, 0) is 60.7 Å². The molecule has 0 aliphatic rings. The number of aromatic nitrogens is 4. The molecule has 27 heavy (non-hydrogen) atoms. The Morgan fingerprint density at radius 2 is 2.07 bits per heavy atom. The molecule has 1 atom stereocenters. The second-order valence-corrected chi connectivity index (χ2v) is 8.64. The molecular weight excluding hydrogens is 424 g/mol. The molecule has 0 saturated heterocycles. The molecule has 1 unspecified atom stereocenters. The van der Waals surface area contributed by atoms with Gasteiger partial charge in [-0.1, -0.05) is 47.6 Å². The summed E-state index contributed by atoms with van der Waals surface area (Å²) >= 11 is 4.99. The lowest BCUT2D eigenvalue weighted by atomic mass is 9.98. The molecule has 0 amide bonds. The van der Waals surface area contributed by atoms with Crippen molar-refractivity contribution in [2.75, 3.05) is 0 Å². The van der Waals surface area contributed by atoms with Gasteiger partial charge in [0.1, 0.15) is 0 Å². The van der Waals surface area contributed by atoms with Crippen LogP contribution in [0, 0.1) is 6.92 Å². The quantitative estimate of drug-likeness (QED) is 0.465. The van der Waals surface area contributed by atoms with E-state index < -0.39 is 0 Å². The van der Waals surface area contributed by atoms with Crippen molar-refractivity contribution < 1.29 is 0 Å². The van der Waals surface area contributed by atoms with Gasteiger partial charge in [0.25, 0.3) is 5.56 Å². The predicted octanol–water partition coefficient (Wildman–Crippen LogP) is 5.31. The Morgan fingerprint density at radius 1 is 1.26 bits per heavy atom. The Hall–Kier alpha value is -2.12. The molecule has 0 spiro atoms. The first-order valence-electron chi connectivity index (χ1n) is 8.82. The third-order valence-corrected chi connectivity index (χ3v) is 6.52. The number of fused-ring (bicyclic) bond motifs is 3. The second-order valence-electron chi connectivity index (χ2n) is 6.69. The minimum Gasteiger partial charge on any atom is -0.267 e. The number of hydrogen-bond acceptors (Lipinski definition) is 4. The molecule has 0 aliphatic heterocycles. The van der Waals surface area contributed by atoms with Crippen LogP contribution in [0.15, 0.2) is 55.6 Å². The molecule has 7 heteroatoms. The van der Waals surface area contributed by atoms with Crippen molar-refractivity contribution in [3.63, 3.8) is 0 Å². The second kappa shape index (κ2) is 7.13. The zero-order chi connectivity index (χ0) is 19.1. The number of H-pyrrole nitrogens is 1. The van der Waals surface area contributed by atoms with Crippen molar-refractivity contribution in [2.24, 2.45) is 0 Å². The normalized spacial score (nSPS) is 12.7. The lowest BCUT2D eigenvalue weighted by molar-refractivity contribution is 0.733. The van der Waals surface area contributed by atoms with Crippen LogP contribution in [0.4, 0.5) is 0 Å². The molecule has 0 fully saturated rings. The van der Waals surface area contributed by atoms with E-state index in [1.165, 1.54) is 17.3 Å². The van der Waals surface area contributed by atoms with Crippen molar-refractivity contribution >= 4 is 44.2 Å². The molecule has 2 aromatic heterocycles. The summed E-state index contributed by atoms with van der Waals surface area (Å²) in [5, 5.41) is 8.74. The number of rotatable bonds is 4. The standard InChI is InChI=1S/C20H19BrN4OS/c1-4-11(2)13-5-7-15-16(10-13)25-18(22-19(15)26)20(23-24-25)27-17-8-6-14(21)9-12(17)3/h5-11,24H,4H2,1-3H3. The van der Waals surface area contributed by atoms with Gasteiger partial charge in [0.2, 0.25) is 0 Å². The van der Waals surface area contributed by atoms with E-state index in [-0.39, 0.29) is 5.56 Å². The van der Waals surface area contributed by atoms with Crippen LogP contribution in [0.5, 0.6) is 0 Å². The van der Waals surface area contributed by atoms with Crippen molar-refractivity contribution in [1.29, 1.82) is 0 Å². The average Bonchev–Trinajstić information content (AvgIpc) is 3.06. The molecule has 0 radical (unpaired) electrons. The lowest BCUT2D eigenvalue weighted by Gasteiger charge is -2.10. The molecule has 0 bridgehead atoms. The Balaban J connectivity index is 1.88. The molecule has 1 N–H and O–H groups in total. The first kappa shape index (κ1) is 18.3. The molecule has 4 aromatic rings. The van der Waals surface area contributed by atoms with Crippen molar-refractivity contribution in [3.05, 3.63) is 62.4 Å². The summed E-state index contributed by atoms with van der Waals surface area (Å²) in [6.07, 6.45) is 1.04. The third kappa shape index (κ3) is 3.30. The highest BCUT2D eigenvalue weighted by Crippen LogP contribution is 2.33. The van der Waals surface area contributed by atoms with Crippen molar-refractivity contribution in [1.82, 2.24) is 19.8 Å². The summed E-state index contributed by atoms with van der Waals surface area (Å²) in [5.41, 5.74) is 3.49. The Labute approximate surface area is 169 Å². The van der Waals surface area contributed by atoms with Gasteiger partial charge in [-0.15, -0.1) is 5.10 Å². The van der Waals surface area contributed by atoms with Crippen LogP contribution < -0.4 is 5.56 Å². The van der Waals surface area contributed by atoms with E-state index >= 15 is 0 Å². The number of aryl methyl sites for hydroxylation is 1. The number of benzene rings is 2. The number of halogens is 1. The van der Waals surface area contributed by atoms with Gasteiger partial charge in [0.15, 0.2) is 10.7 Å². The van der Waals surface area contributed by atoms with Crippen LogP contribution in [-0.4, -0.2) is 19.8 Å². The maximum atomic E-state index is 12.6. The van der Waals surface area contributed by atoms with E-state index in [4.69, 9.17) is 0 Å². The number of nitrogens with zero attached hydrogens (tertiary/aromatic N) is 3. The van der Waals surface area contributed by atoms with Crippen molar-refractivity contribution in [3.8, 4) is 0 Å². The molecule has 138 valence electrons. The topological polar surface area (TPSA) is 63.0 Å². The third-order valence-electron chi connectivity index (χ3n) is 4.88. The summed E-state index contributed by atoms with van der Waals surface area (Å²) in [6.45, 7) is 6.40. The fourth-order valence-electron chi connectivity index (χ4n) is 3.07. The molecule has 2 heterocycles. The van der Waals surface area contributed by atoms with Gasteiger partial charge in [0.05, 0.1) is 10.9 Å². The molecule has 0 saturated carbocycles. The van der Waals surface area contributed by atoms with E-state index in [0.29, 0.717) is 22.0 Å². The zero-order valence-electron chi connectivity index (χ0n) is 15.3. The summed E-state index contributed by atoms with van der Waals surface area (Å²) in [6, 6.07) is 12.0. The van der Waals surface area contributed by atoms with E-state index in [2.05, 4.69) is 64.1 Å². The molecule has 0 aliphatic carbocycles. The van der Waals surface area contributed by atoms with Gasteiger partial charge < -0.3 is 0 Å².